The van der Waals surface area contributed by atoms with Gasteiger partial charge >= 0.3 is 5.97 Å². The van der Waals surface area contributed by atoms with E-state index in [2.05, 4.69) is 36.1 Å². The van der Waals surface area contributed by atoms with E-state index in [0.717, 1.165) is 53.2 Å². The van der Waals surface area contributed by atoms with E-state index in [1.165, 1.54) is 0 Å². The first-order valence-electron chi connectivity index (χ1n) is 12.5. The van der Waals surface area contributed by atoms with Gasteiger partial charge in [-0.2, -0.15) is 0 Å². The Kier molecular flexibility index (Phi) is 7.76. The Morgan fingerprint density at radius 1 is 1.08 bits per heavy atom. The molecule has 2 heterocycles. The number of aryl methyl sites for hydroxylation is 2. The molecular weight excluding hydrogens is 452 g/mol. The van der Waals surface area contributed by atoms with E-state index in [4.69, 9.17) is 14.5 Å². The summed E-state index contributed by atoms with van der Waals surface area (Å²) < 4.78 is 12.0. The predicted octanol–water partition coefficient (Wildman–Crippen LogP) is 5.74. The number of hydrogen-bond donors (Lipinski definition) is 1. The van der Waals surface area contributed by atoms with Crippen molar-refractivity contribution in [3.05, 3.63) is 82.7 Å². The van der Waals surface area contributed by atoms with Crippen molar-refractivity contribution in [2.45, 2.75) is 59.3 Å². The molecule has 36 heavy (non-hydrogen) atoms. The Morgan fingerprint density at radius 2 is 1.78 bits per heavy atom. The van der Waals surface area contributed by atoms with Crippen LogP contribution in [0.2, 0.25) is 0 Å². The number of carboxylic acid groups (broad SMARTS) is 1. The van der Waals surface area contributed by atoms with E-state index in [9.17, 15) is 9.90 Å². The lowest BCUT2D eigenvalue weighted by atomic mass is 9.87. The summed E-state index contributed by atoms with van der Waals surface area (Å²) >= 11 is 0. The minimum absolute atomic E-state index is 0.580. The van der Waals surface area contributed by atoms with Gasteiger partial charge in [0.25, 0.3) is 0 Å². The molecule has 1 aromatic heterocycles. The van der Waals surface area contributed by atoms with Crippen molar-refractivity contribution in [3.8, 4) is 16.9 Å². The van der Waals surface area contributed by atoms with E-state index in [0.29, 0.717) is 24.4 Å². The lowest BCUT2D eigenvalue weighted by Gasteiger charge is -2.33. The van der Waals surface area contributed by atoms with Crippen LogP contribution in [0.4, 0.5) is 0 Å². The van der Waals surface area contributed by atoms with Crippen molar-refractivity contribution in [2.75, 3.05) is 19.7 Å². The molecule has 6 heteroatoms. The van der Waals surface area contributed by atoms with Crippen LogP contribution in [0.3, 0.4) is 0 Å². The van der Waals surface area contributed by atoms with Crippen molar-refractivity contribution in [2.24, 2.45) is 0 Å². The fraction of sp³-hybridized carbons (Fsp3) is 0.400. The van der Waals surface area contributed by atoms with Gasteiger partial charge in [-0.1, -0.05) is 48.0 Å². The SMILES string of the molecule is Cc1ccc(-c2c3c(nc(C)c2[C@H](OC(C)(C)C)C(=O)O)CCN(CCOc2ccccc2)C3)cc1. The third-order valence-electron chi connectivity index (χ3n) is 6.38. The van der Waals surface area contributed by atoms with Gasteiger partial charge in [0, 0.05) is 43.0 Å². The summed E-state index contributed by atoms with van der Waals surface area (Å²) in [5.74, 6) is -0.148. The van der Waals surface area contributed by atoms with Gasteiger partial charge in [0.05, 0.1) is 5.60 Å². The summed E-state index contributed by atoms with van der Waals surface area (Å²) in [6.07, 6.45) is -0.311. The van der Waals surface area contributed by atoms with Gasteiger partial charge < -0.3 is 14.6 Å². The van der Waals surface area contributed by atoms with Crippen LogP contribution in [0.5, 0.6) is 5.75 Å². The predicted molar refractivity (Wildman–Crippen MR) is 141 cm³/mol. The quantitative estimate of drug-likeness (QED) is 0.436. The molecule has 0 amide bonds. The molecule has 0 bridgehead atoms. The minimum atomic E-state index is -1.11. The number of carbonyl (C=O) groups is 1. The summed E-state index contributed by atoms with van der Waals surface area (Å²) in [4.78, 5) is 19.8. The smallest absolute Gasteiger partial charge is 0.337 e. The highest BCUT2D eigenvalue weighted by atomic mass is 16.5. The highest BCUT2D eigenvalue weighted by molar-refractivity contribution is 5.82. The largest absolute Gasteiger partial charge is 0.492 e. The van der Waals surface area contributed by atoms with Crippen LogP contribution in [0.25, 0.3) is 11.1 Å². The van der Waals surface area contributed by atoms with Gasteiger partial charge in [-0.05, 0) is 63.4 Å². The monoisotopic (exact) mass is 488 g/mol. The number of benzene rings is 2. The second-order valence-electron chi connectivity index (χ2n) is 10.4. The van der Waals surface area contributed by atoms with Crippen LogP contribution in [0.1, 0.15) is 55.0 Å². The molecule has 1 aliphatic rings. The van der Waals surface area contributed by atoms with Crippen molar-refractivity contribution < 1.29 is 19.4 Å². The maximum atomic E-state index is 12.5. The first kappa shape index (κ1) is 25.9. The van der Waals surface area contributed by atoms with Gasteiger partial charge in [-0.25, -0.2) is 4.79 Å². The molecule has 1 aliphatic heterocycles. The average Bonchev–Trinajstić information content (AvgIpc) is 2.83. The Morgan fingerprint density at radius 3 is 2.42 bits per heavy atom. The Bertz CT molecular complexity index is 1200. The zero-order valence-electron chi connectivity index (χ0n) is 21.9. The Balaban J connectivity index is 1.72. The molecule has 1 N–H and O–H groups in total. The topological polar surface area (TPSA) is 71.9 Å². The minimum Gasteiger partial charge on any atom is -0.492 e. The molecule has 0 unspecified atom stereocenters. The number of ether oxygens (including phenoxy) is 2. The van der Waals surface area contributed by atoms with E-state index >= 15 is 0 Å². The van der Waals surface area contributed by atoms with Gasteiger partial charge in [-0.3, -0.25) is 9.88 Å². The average molecular weight is 489 g/mol. The number of carboxylic acids is 1. The van der Waals surface area contributed by atoms with Crippen LogP contribution in [0, 0.1) is 13.8 Å². The van der Waals surface area contributed by atoms with Crippen LogP contribution < -0.4 is 4.74 Å². The molecule has 4 rings (SSSR count). The number of para-hydroxylation sites is 1. The van der Waals surface area contributed by atoms with E-state index in [1.54, 1.807) is 0 Å². The zero-order valence-corrected chi connectivity index (χ0v) is 21.9. The van der Waals surface area contributed by atoms with Crippen LogP contribution in [0.15, 0.2) is 54.6 Å². The standard InChI is InChI=1S/C30H36N2O4/c1-20-11-13-22(14-12-20)27-24-19-32(17-18-35-23-9-7-6-8-10-23)16-15-25(24)31-21(2)26(27)28(29(33)34)36-30(3,4)5/h6-14,28H,15-19H2,1-5H3,(H,33,34)/t28-/m0/s1. The summed E-state index contributed by atoms with van der Waals surface area (Å²) in [6, 6.07) is 18.1. The molecule has 0 fully saturated rings. The molecule has 0 spiro atoms. The number of nitrogens with zero attached hydrogens (tertiary/aromatic N) is 2. The highest BCUT2D eigenvalue weighted by Gasteiger charge is 2.34. The molecule has 0 saturated heterocycles. The molecule has 0 aliphatic carbocycles. The first-order chi connectivity index (χ1) is 17.1. The second kappa shape index (κ2) is 10.8. The molecule has 0 radical (unpaired) electrons. The van der Waals surface area contributed by atoms with Crippen LogP contribution in [-0.2, 0) is 22.5 Å². The lowest BCUT2D eigenvalue weighted by Crippen LogP contribution is -2.36. The van der Waals surface area contributed by atoms with Gasteiger partial charge in [0.15, 0.2) is 6.10 Å². The second-order valence-corrected chi connectivity index (χ2v) is 10.4. The van der Waals surface area contributed by atoms with Gasteiger partial charge in [0.1, 0.15) is 12.4 Å². The lowest BCUT2D eigenvalue weighted by molar-refractivity contribution is -0.160. The van der Waals surface area contributed by atoms with Crippen molar-refractivity contribution in [3.63, 3.8) is 0 Å². The number of pyridine rings is 1. The number of fused-ring (bicyclic) bond motifs is 1. The third-order valence-corrected chi connectivity index (χ3v) is 6.38. The van der Waals surface area contributed by atoms with Gasteiger partial charge in [0.2, 0.25) is 0 Å². The number of aromatic nitrogens is 1. The number of aliphatic carboxylic acids is 1. The molecular formula is C30H36N2O4. The fourth-order valence-electron chi connectivity index (χ4n) is 4.72. The normalized spacial score (nSPS) is 14.8. The Hall–Kier alpha value is -3.22. The van der Waals surface area contributed by atoms with E-state index < -0.39 is 17.7 Å². The summed E-state index contributed by atoms with van der Waals surface area (Å²) in [6.45, 7) is 12.5. The van der Waals surface area contributed by atoms with Crippen molar-refractivity contribution in [1.29, 1.82) is 0 Å². The first-order valence-corrected chi connectivity index (χ1v) is 12.5. The maximum Gasteiger partial charge on any atom is 0.337 e. The summed E-state index contributed by atoms with van der Waals surface area (Å²) in [7, 11) is 0. The molecule has 0 saturated carbocycles. The maximum absolute atomic E-state index is 12.5. The molecule has 6 nitrogen and oxygen atoms in total. The Labute approximate surface area is 213 Å². The van der Waals surface area contributed by atoms with E-state index in [1.807, 2.05) is 58.0 Å². The molecule has 190 valence electrons. The zero-order chi connectivity index (χ0) is 25.9. The van der Waals surface area contributed by atoms with E-state index in [-0.39, 0.29) is 0 Å². The molecule has 1 atom stereocenters. The van der Waals surface area contributed by atoms with Crippen LogP contribution >= 0.6 is 0 Å². The van der Waals surface area contributed by atoms with Crippen molar-refractivity contribution in [1.82, 2.24) is 9.88 Å². The molecule has 3 aromatic rings. The third kappa shape index (κ3) is 6.12. The molecule has 2 aromatic carbocycles. The summed E-state index contributed by atoms with van der Waals surface area (Å²) in [5.41, 5.74) is 5.91. The van der Waals surface area contributed by atoms with Crippen molar-refractivity contribution >= 4 is 5.97 Å². The van der Waals surface area contributed by atoms with Gasteiger partial charge in [-0.15, -0.1) is 0 Å². The van der Waals surface area contributed by atoms with Crippen LogP contribution in [-0.4, -0.2) is 46.3 Å². The number of rotatable bonds is 8. The fourth-order valence-corrected chi connectivity index (χ4v) is 4.72. The highest BCUT2D eigenvalue weighted by Crippen LogP contribution is 2.40. The summed E-state index contributed by atoms with van der Waals surface area (Å²) in [5, 5.41) is 10.2. The number of hydrogen-bond acceptors (Lipinski definition) is 5.